The zero-order valence-electron chi connectivity index (χ0n) is 9.52. The molecule has 0 aliphatic carbocycles. The number of methoxy groups -OCH3 is 1. The Balaban J connectivity index is 1.95. The Kier molecular flexibility index (Phi) is 7.37. The van der Waals surface area contributed by atoms with Crippen LogP contribution in [-0.4, -0.2) is 44.7 Å². The number of aliphatic hydroxyl groups is 1. The number of aliphatic hydroxyl groups excluding tert-OH is 1. The van der Waals surface area contributed by atoms with Crippen LogP contribution in [0.4, 0.5) is 0 Å². The molecule has 0 aliphatic heterocycles. The van der Waals surface area contributed by atoms with E-state index in [0.717, 1.165) is 6.54 Å². The van der Waals surface area contributed by atoms with Crippen molar-refractivity contribution in [3.05, 3.63) is 22.4 Å². The van der Waals surface area contributed by atoms with Crippen molar-refractivity contribution in [2.24, 2.45) is 0 Å². The van der Waals surface area contributed by atoms with Crippen LogP contribution in [0.25, 0.3) is 0 Å². The highest BCUT2D eigenvalue weighted by atomic mass is 32.1. The quantitative estimate of drug-likeness (QED) is 0.634. The molecule has 1 aromatic heterocycles. The Labute approximate surface area is 100 Å². The highest BCUT2D eigenvalue weighted by Gasteiger charge is 2.03. The highest BCUT2D eigenvalue weighted by molar-refractivity contribution is 7.07. The molecule has 0 bridgehead atoms. The number of ether oxygens (including phenoxy) is 2. The first-order valence-electron chi connectivity index (χ1n) is 5.29. The summed E-state index contributed by atoms with van der Waals surface area (Å²) in [6.07, 6.45) is -0.463. The minimum Gasteiger partial charge on any atom is -0.389 e. The zero-order valence-corrected chi connectivity index (χ0v) is 10.3. The smallest absolute Gasteiger partial charge is 0.0897 e. The fourth-order valence-corrected chi connectivity index (χ4v) is 1.87. The fourth-order valence-electron chi connectivity index (χ4n) is 1.20. The molecule has 0 amide bonds. The molecule has 16 heavy (non-hydrogen) atoms. The van der Waals surface area contributed by atoms with Crippen molar-refractivity contribution in [2.75, 3.05) is 33.5 Å². The Morgan fingerprint density at radius 2 is 2.38 bits per heavy atom. The molecule has 0 saturated carbocycles. The van der Waals surface area contributed by atoms with Crippen LogP contribution in [0.1, 0.15) is 5.56 Å². The molecule has 92 valence electrons. The maximum Gasteiger partial charge on any atom is 0.0897 e. The van der Waals surface area contributed by atoms with Gasteiger partial charge in [0.2, 0.25) is 0 Å². The molecule has 1 heterocycles. The van der Waals surface area contributed by atoms with Gasteiger partial charge >= 0.3 is 0 Å². The highest BCUT2D eigenvalue weighted by Crippen LogP contribution is 2.04. The van der Waals surface area contributed by atoms with Gasteiger partial charge in [0.15, 0.2) is 0 Å². The molecule has 1 aromatic rings. The molecule has 0 aromatic carbocycles. The Hall–Kier alpha value is -0.460. The lowest BCUT2D eigenvalue weighted by atomic mass is 10.3. The van der Waals surface area contributed by atoms with Gasteiger partial charge in [0.1, 0.15) is 0 Å². The predicted molar refractivity (Wildman–Crippen MR) is 64.7 cm³/mol. The van der Waals surface area contributed by atoms with Crippen molar-refractivity contribution in [3.8, 4) is 0 Å². The van der Waals surface area contributed by atoms with Gasteiger partial charge in [-0.05, 0) is 22.4 Å². The number of rotatable bonds is 9. The summed E-state index contributed by atoms with van der Waals surface area (Å²) in [4.78, 5) is 0. The van der Waals surface area contributed by atoms with Crippen molar-refractivity contribution in [1.29, 1.82) is 0 Å². The second kappa shape index (κ2) is 8.66. The molecule has 0 saturated heterocycles. The number of hydrogen-bond donors (Lipinski definition) is 2. The maximum absolute atomic E-state index is 9.55. The molecule has 0 fully saturated rings. The molecule has 4 nitrogen and oxygen atoms in total. The van der Waals surface area contributed by atoms with Crippen molar-refractivity contribution < 1.29 is 14.6 Å². The molecule has 0 radical (unpaired) electrons. The van der Waals surface area contributed by atoms with Gasteiger partial charge in [0.25, 0.3) is 0 Å². The minimum absolute atomic E-state index is 0.347. The first-order valence-corrected chi connectivity index (χ1v) is 6.23. The van der Waals surface area contributed by atoms with Gasteiger partial charge in [-0.1, -0.05) is 0 Å². The zero-order chi connectivity index (χ0) is 11.6. The second-order valence-electron chi connectivity index (χ2n) is 3.48. The van der Waals surface area contributed by atoms with Gasteiger partial charge in [-0.15, -0.1) is 0 Å². The molecule has 1 unspecified atom stereocenters. The van der Waals surface area contributed by atoms with E-state index < -0.39 is 6.10 Å². The molecule has 0 spiro atoms. The van der Waals surface area contributed by atoms with E-state index in [1.807, 2.05) is 5.38 Å². The minimum atomic E-state index is -0.463. The third kappa shape index (κ3) is 6.19. The van der Waals surface area contributed by atoms with Crippen LogP contribution in [0, 0.1) is 0 Å². The summed E-state index contributed by atoms with van der Waals surface area (Å²) in [6, 6.07) is 2.07. The van der Waals surface area contributed by atoms with E-state index >= 15 is 0 Å². The third-order valence-electron chi connectivity index (χ3n) is 2.03. The predicted octanol–water partition coefficient (Wildman–Crippen LogP) is 0.862. The summed E-state index contributed by atoms with van der Waals surface area (Å²) in [5, 5.41) is 16.9. The Morgan fingerprint density at radius 3 is 3.06 bits per heavy atom. The largest absolute Gasteiger partial charge is 0.389 e. The molecule has 0 aliphatic rings. The van der Waals surface area contributed by atoms with Crippen molar-refractivity contribution >= 4 is 11.3 Å². The summed E-state index contributed by atoms with van der Waals surface area (Å²) in [5.74, 6) is 0. The van der Waals surface area contributed by atoms with Crippen molar-refractivity contribution in [3.63, 3.8) is 0 Å². The average molecular weight is 245 g/mol. The van der Waals surface area contributed by atoms with Crippen molar-refractivity contribution in [1.82, 2.24) is 5.32 Å². The number of hydrogen-bond acceptors (Lipinski definition) is 5. The number of thiophene rings is 1. The van der Waals surface area contributed by atoms with E-state index in [1.165, 1.54) is 5.56 Å². The lowest BCUT2D eigenvalue weighted by molar-refractivity contribution is 0.0137. The normalized spacial score (nSPS) is 12.9. The lowest BCUT2D eigenvalue weighted by Crippen LogP contribution is -2.30. The first kappa shape index (κ1) is 13.6. The molecular formula is C11H19NO3S. The van der Waals surface area contributed by atoms with E-state index in [0.29, 0.717) is 26.4 Å². The van der Waals surface area contributed by atoms with Crippen LogP contribution in [0.2, 0.25) is 0 Å². The van der Waals surface area contributed by atoms with E-state index in [1.54, 1.807) is 18.4 Å². The molecule has 5 heteroatoms. The average Bonchev–Trinajstić information content (AvgIpc) is 2.77. The monoisotopic (exact) mass is 245 g/mol. The second-order valence-corrected chi connectivity index (χ2v) is 4.26. The maximum atomic E-state index is 9.55. The summed E-state index contributed by atoms with van der Waals surface area (Å²) in [5.41, 5.74) is 1.25. The van der Waals surface area contributed by atoms with Gasteiger partial charge in [-0.25, -0.2) is 0 Å². The summed E-state index contributed by atoms with van der Waals surface area (Å²) < 4.78 is 10.0. The standard InChI is InChI=1S/C11H19NO3S/c1-14-3-4-15-8-11(13)7-12-6-10-2-5-16-9-10/h2,5,9,11-13H,3-4,6-8H2,1H3. The lowest BCUT2D eigenvalue weighted by Gasteiger charge is -2.11. The van der Waals surface area contributed by atoms with Crippen LogP contribution in [0.15, 0.2) is 16.8 Å². The first-order chi connectivity index (χ1) is 7.83. The van der Waals surface area contributed by atoms with E-state index in [9.17, 15) is 5.11 Å². The van der Waals surface area contributed by atoms with E-state index in [4.69, 9.17) is 9.47 Å². The van der Waals surface area contributed by atoms with Crippen LogP contribution in [0.5, 0.6) is 0 Å². The summed E-state index contributed by atoms with van der Waals surface area (Å²) in [7, 11) is 1.63. The molecule has 2 N–H and O–H groups in total. The van der Waals surface area contributed by atoms with E-state index in [-0.39, 0.29) is 0 Å². The van der Waals surface area contributed by atoms with Crippen LogP contribution < -0.4 is 5.32 Å². The SMILES string of the molecule is COCCOCC(O)CNCc1ccsc1. The molecule has 1 atom stereocenters. The van der Waals surface area contributed by atoms with Gasteiger partial charge in [0.05, 0.1) is 25.9 Å². The topological polar surface area (TPSA) is 50.7 Å². The van der Waals surface area contributed by atoms with Crippen LogP contribution in [0.3, 0.4) is 0 Å². The van der Waals surface area contributed by atoms with E-state index in [2.05, 4.69) is 16.8 Å². The number of nitrogens with one attached hydrogen (secondary N) is 1. The fraction of sp³-hybridized carbons (Fsp3) is 0.636. The van der Waals surface area contributed by atoms with Gasteiger partial charge in [-0.3, -0.25) is 0 Å². The molecular weight excluding hydrogens is 226 g/mol. The Bertz CT molecular complexity index is 254. The molecule has 1 rings (SSSR count). The van der Waals surface area contributed by atoms with Crippen molar-refractivity contribution in [2.45, 2.75) is 12.6 Å². The summed E-state index contributed by atoms with van der Waals surface area (Å²) >= 11 is 1.68. The summed E-state index contributed by atoms with van der Waals surface area (Å²) in [6.45, 7) is 2.77. The van der Waals surface area contributed by atoms with Gasteiger partial charge in [0, 0.05) is 20.2 Å². The van der Waals surface area contributed by atoms with Crippen LogP contribution in [-0.2, 0) is 16.0 Å². The van der Waals surface area contributed by atoms with Gasteiger partial charge in [-0.2, -0.15) is 11.3 Å². The Morgan fingerprint density at radius 1 is 1.50 bits per heavy atom. The third-order valence-corrected chi connectivity index (χ3v) is 2.76. The van der Waals surface area contributed by atoms with Crippen LogP contribution >= 0.6 is 11.3 Å². The van der Waals surface area contributed by atoms with Gasteiger partial charge < -0.3 is 19.9 Å².